The van der Waals surface area contributed by atoms with Crippen LogP contribution in [0.1, 0.15) is 42.6 Å². The van der Waals surface area contributed by atoms with Gasteiger partial charge in [0.2, 0.25) is 0 Å². The molecule has 5 nitrogen and oxygen atoms in total. The van der Waals surface area contributed by atoms with Crippen molar-refractivity contribution in [3.8, 4) is 0 Å². The highest BCUT2D eigenvalue weighted by Crippen LogP contribution is 2.10. The summed E-state index contributed by atoms with van der Waals surface area (Å²) in [5, 5.41) is 9.53. The minimum Gasteiger partial charge on any atom is -0.357 e. The van der Waals surface area contributed by atoms with E-state index in [1.54, 1.807) is 0 Å². The SMILES string of the molecule is CCNC(=O)c1cccc(CN=C(NCC)NC2CC=CC2)c1.I. The van der Waals surface area contributed by atoms with Gasteiger partial charge in [-0.2, -0.15) is 0 Å². The third kappa shape index (κ3) is 6.51. The van der Waals surface area contributed by atoms with Gasteiger partial charge in [-0.25, -0.2) is 4.99 Å². The molecule has 0 atom stereocenters. The summed E-state index contributed by atoms with van der Waals surface area (Å²) < 4.78 is 0. The minimum absolute atomic E-state index is 0. The Balaban J connectivity index is 0.00000288. The Hall–Kier alpha value is -1.57. The summed E-state index contributed by atoms with van der Waals surface area (Å²) in [5.74, 6) is 0.782. The van der Waals surface area contributed by atoms with E-state index in [0.717, 1.165) is 30.9 Å². The fraction of sp³-hybridized carbons (Fsp3) is 0.444. The number of hydrogen-bond donors (Lipinski definition) is 3. The molecule has 0 spiro atoms. The number of benzene rings is 1. The van der Waals surface area contributed by atoms with E-state index in [1.807, 2.05) is 31.2 Å². The van der Waals surface area contributed by atoms with E-state index < -0.39 is 0 Å². The van der Waals surface area contributed by atoms with Crippen molar-refractivity contribution in [3.05, 3.63) is 47.5 Å². The summed E-state index contributed by atoms with van der Waals surface area (Å²) >= 11 is 0. The van der Waals surface area contributed by atoms with E-state index in [2.05, 4.69) is 40.0 Å². The standard InChI is InChI=1S/C18H26N4O.HI/c1-3-19-17(23)15-9-7-8-14(12-15)13-21-18(20-4-2)22-16-10-5-6-11-16;/h5-9,12,16H,3-4,10-11,13H2,1-2H3,(H,19,23)(H2,20,21,22);1H. The lowest BCUT2D eigenvalue weighted by Gasteiger charge is -2.16. The summed E-state index contributed by atoms with van der Waals surface area (Å²) in [6, 6.07) is 8.04. The average Bonchev–Trinajstić information content (AvgIpc) is 3.06. The van der Waals surface area contributed by atoms with Crippen LogP contribution in [-0.2, 0) is 6.54 Å². The predicted octanol–water partition coefficient (Wildman–Crippen LogP) is 2.83. The molecule has 0 bridgehead atoms. The Bertz CT molecular complexity index is 578. The number of hydrogen-bond acceptors (Lipinski definition) is 2. The fourth-order valence-corrected chi connectivity index (χ4v) is 2.49. The molecule has 0 saturated heterocycles. The molecule has 3 N–H and O–H groups in total. The van der Waals surface area contributed by atoms with Crippen LogP contribution in [0.2, 0.25) is 0 Å². The second kappa shape index (κ2) is 11.1. The van der Waals surface area contributed by atoms with Crippen LogP contribution in [0.4, 0.5) is 0 Å². The first kappa shape index (κ1) is 20.5. The molecule has 1 aliphatic carbocycles. The van der Waals surface area contributed by atoms with Gasteiger partial charge >= 0.3 is 0 Å². The molecule has 0 heterocycles. The number of carbonyl (C=O) groups excluding carboxylic acids is 1. The van der Waals surface area contributed by atoms with E-state index in [1.165, 1.54) is 0 Å². The number of guanidine groups is 1. The number of carbonyl (C=O) groups is 1. The van der Waals surface area contributed by atoms with Crippen molar-refractivity contribution < 1.29 is 4.79 Å². The maximum atomic E-state index is 11.9. The number of halogens is 1. The number of nitrogens with zero attached hydrogens (tertiary/aromatic N) is 1. The number of nitrogens with one attached hydrogen (secondary N) is 3. The van der Waals surface area contributed by atoms with Crippen molar-refractivity contribution in [1.29, 1.82) is 0 Å². The fourth-order valence-electron chi connectivity index (χ4n) is 2.49. The summed E-state index contributed by atoms with van der Waals surface area (Å²) in [4.78, 5) is 16.5. The van der Waals surface area contributed by atoms with Crippen LogP contribution in [0.15, 0.2) is 41.4 Å². The molecule has 132 valence electrons. The van der Waals surface area contributed by atoms with Crippen molar-refractivity contribution in [2.24, 2.45) is 4.99 Å². The lowest BCUT2D eigenvalue weighted by molar-refractivity contribution is 0.0955. The van der Waals surface area contributed by atoms with Crippen molar-refractivity contribution in [2.75, 3.05) is 13.1 Å². The third-order valence-electron chi connectivity index (χ3n) is 3.64. The van der Waals surface area contributed by atoms with Gasteiger partial charge in [0.1, 0.15) is 0 Å². The summed E-state index contributed by atoms with van der Waals surface area (Å²) in [6.45, 7) is 5.97. The molecule has 24 heavy (non-hydrogen) atoms. The van der Waals surface area contributed by atoms with Gasteiger partial charge in [-0.1, -0.05) is 24.3 Å². The van der Waals surface area contributed by atoms with E-state index >= 15 is 0 Å². The lowest BCUT2D eigenvalue weighted by Crippen LogP contribution is -2.42. The molecule has 0 radical (unpaired) electrons. The molecule has 0 saturated carbocycles. The maximum Gasteiger partial charge on any atom is 0.251 e. The van der Waals surface area contributed by atoms with E-state index in [0.29, 0.717) is 24.7 Å². The van der Waals surface area contributed by atoms with Crippen LogP contribution in [0, 0.1) is 0 Å². The summed E-state index contributed by atoms with van der Waals surface area (Å²) in [6.07, 6.45) is 6.46. The van der Waals surface area contributed by atoms with Gasteiger partial charge in [0.15, 0.2) is 5.96 Å². The summed E-state index contributed by atoms with van der Waals surface area (Å²) in [5.41, 5.74) is 1.70. The first-order valence-electron chi connectivity index (χ1n) is 8.30. The van der Waals surface area contributed by atoms with Crippen molar-refractivity contribution >= 4 is 35.8 Å². The molecule has 1 amide bonds. The Morgan fingerprint density at radius 1 is 1.17 bits per heavy atom. The van der Waals surface area contributed by atoms with Gasteiger partial charge in [0.25, 0.3) is 5.91 Å². The Labute approximate surface area is 161 Å². The molecule has 6 heteroatoms. The highest BCUT2D eigenvalue weighted by atomic mass is 127. The van der Waals surface area contributed by atoms with Crippen LogP contribution >= 0.6 is 24.0 Å². The van der Waals surface area contributed by atoms with Crippen LogP contribution in [0.5, 0.6) is 0 Å². The normalized spacial score (nSPS) is 14.2. The molecule has 1 aliphatic rings. The first-order chi connectivity index (χ1) is 11.2. The molecular formula is C18H27IN4O. The quantitative estimate of drug-likeness (QED) is 0.275. The smallest absolute Gasteiger partial charge is 0.251 e. The van der Waals surface area contributed by atoms with Crippen LogP contribution in [-0.4, -0.2) is 31.0 Å². The third-order valence-corrected chi connectivity index (χ3v) is 3.64. The zero-order chi connectivity index (χ0) is 16.5. The van der Waals surface area contributed by atoms with Crippen LogP contribution in [0.25, 0.3) is 0 Å². The lowest BCUT2D eigenvalue weighted by atomic mass is 10.1. The Morgan fingerprint density at radius 3 is 2.54 bits per heavy atom. The van der Waals surface area contributed by atoms with E-state index in [-0.39, 0.29) is 29.9 Å². The number of aliphatic imine (C=N–C) groups is 1. The predicted molar refractivity (Wildman–Crippen MR) is 110 cm³/mol. The van der Waals surface area contributed by atoms with Gasteiger partial charge in [-0.3, -0.25) is 4.79 Å². The zero-order valence-electron chi connectivity index (χ0n) is 14.3. The van der Waals surface area contributed by atoms with Gasteiger partial charge < -0.3 is 16.0 Å². The van der Waals surface area contributed by atoms with E-state index in [4.69, 9.17) is 0 Å². The van der Waals surface area contributed by atoms with Crippen molar-refractivity contribution in [3.63, 3.8) is 0 Å². The second-order valence-corrected chi connectivity index (χ2v) is 5.54. The van der Waals surface area contributed by atoms with Crippen LogP contribution in [0.3, 0.4) is 0 Å². The summed E-state index contributed by atoms with van der Waals surface area (Å²) in [7, 11) is 0. The first-order valence-corrected chi connectivity index (χ1v) is 8.30. The maximum absolute atomic E-state index is 11.9. The highest BCUT2D eigenvalue weighted by molar-refractivity contribution is 14.0. The van der Waals surface area contributed by atoms with Gasteiger partial charge in [0, 0.05) is 24.7 Å². The molecule has 1 aromatic carbocycles. The monoisotopic (exact) mass is 442 g/mol. The van der Waals surface area contributed by atoms with Gasteiger partial charge in [-0.05, 0) is 44.4 Å². The Kier molecular flexibility index (Phi) is 9.44. The molecule has 0 unspecified atom stereocenters. The molecular weight excluding hydrogens is 415 g/mol. The zero-order valence-corrected chi connectivity index (χ0v) is 16.7. The van der Waals surface area contributed by atoms with Gasteiger partial charge in [0.05, 0.1) is 6.54 Å². The molecule has 0 aromatic heterocycles. The second-order valence-electron chi connectivity index (χ2n) is 5.54. The largest absolute Gasteiger partial charge is 0.357 e. The topological polar surface area (TPSA) is 65.5 Å². The van der Waals surface area contributed by atoms with Gasteiger partial charge in [-0.15, -0.1) is 24.0 Å². The number of amides is 1. The van der Waals surface area contributed by atoms with Crippen molar-refractivity contribution in [2.45, 2.75) is 39.3 Å². The Morgan fingerprint density at radius 2 is 1.88 bits per heavy atom. The molecule has 0 fully saturated rings. The van der Waals surface area contributed by atoms with E-state index in [9.17, 15) is 4.79 Å². The average molecular weight is 442 g/mol. The van der Waals surface area contributed by atoms with Crippen molar-refractivity contribution in [1.82, 2.24) is 16.0 Å². The molecule has 2 rings (SSSR count). The minimum atomic E-state index is -0.0413. The highest BCUT2D eigenvalue weighted by Gasteiger charge is 2.11. The molecule has 1 aromatic rings. The number of rotatable bonds is 6. The van der Waals surface area contributed by atoms with Crippen LogP contribution < -0.4 is 16.0 Å². The molecule has 0 aliphatic heterocycles.